The van der Waals surface area contributed by atoms with Crippen LogP contribution in [-0.4, -0.2) is 19.5 Å². The third-order valence-electron chi connectivity index (χ3n) is 2.91. The predicted octanol–water partition coefficient (Wildman–Crippen LogP) is 0.642. The molecule has 1 aliphatic rings. The smallest absolute Gasteiger partial charge is 0.220 e. The average Bonchev–Trinajstić information content (AvgIpc) is 2.54. The lowest BCUT2D eigenvalue weighted by molar-refractivity contribution is -0.122. The van der Waals surface area contributed by atoms with Gasteiger partial charge in [-0.1, -0.05) is 12.8 Å². The van der Waals surface area contributed by atoms with Crippen molar-refractivity contribution in [1.82, 2.24) is 5.32 Å². The Labute approximate surface area is 73.7 Å². The van der Waals surface area contributed by atoms with Crippen molar-refractivity contribution in [1.29, 1.82) is 0 Å². The maximum atomic E-state index is 11.2. The molecule has 1 aliphatic carbocycles. The van der Waals surface area contributed by atoms with Crippen LogP contribution in [0.2, 0.25) is 0 Å². The SMILES string of the molecule is CNC(=O)CC1(CN)CCCC1. The number of rotatable bonds is 3. The minimum atomic E-state index is 0.125. The number of hydrogen-bond donors (Lipinski definition) is 2. The van der Waals surface area contributed by atoms with Crippen LogP contribution >= 0.6 is 0 Å². The molecule has 3 nitrogen and oxygen atoms in total. The summed E-state index contributed by atoms with van der Waals surface area (Å²) in [6.45, 7) is 0.653. The lowest BCUT2D eigenvalue weighted by atomic mass is 9.82. The molecule has 0 atom stereocenters. The van der Waals surface area contributed by atoms with Gasteiger partial charge in [-0.25, -0.2) is 0 Å². The Morgan fingerprint density at radius 3 is 2.50 bits per heavy atom. The second kappa shape index (κ2) is 3.90. The monoisotopic (exact) mass is 170 g/mol. The zero-order valence-corrected chi connectivity index (χ0v) is 7.73. The number of nitrogens with two attached hydrogens (primary N) is 1. The van der Waals surface area contributed by atoms with Crippen molar-refractivity contribution in [2.45, 2.75) is 32.1 Å². The van der Waals surface area contributed by atoms with Crippen molar-refractivity contribution in [3.63, 3.8) is 0 Å². The van der Waals surface area contributed by atoms with Gasteiger partial charge >= 0.3 is 0 Å². The molecule has 3 heteroatoms. The third-order valence-corrected chi connectivity index (χ3v) is 2.91. The highest BCUT2D eigenvalue weighted by atomic mass is 16.1. The second-order valence-corrected chi connectivity index (χ2v) is 3.76. The maximum Gasteiger partial charge on any atom is 0.220 e. The summed E-state index contributed by atoms with van der Waals surface area (Å²) >= 11 is 0. The van der Waals surface area contributed by atoms with Crippen LogP contribution in [0.5, 0.6) is 0 Å². The fourth-order valence-corrected chi connectivity index (χ4v) is 2.01. The first-order chi connectivity index (χ1) is 5.72. The molecule has 0 aromatic heterocycles. The molecule has 1 rings (SSSR count). The highest BCUT2D eigenvalue weighted by Crippen LogP contribution is 2.39. The second-order valence-electron chi connectivity index (χ2n) is 3.76. The van der Waals surface area contributed by atoms with Crippen molar-refractivity contribution in [2.24, 2.45) is 11.1 Å². The number of carbonyl (C=O) groups is 1. The van der Waals surface area contributed by atoms with Gasteiger partial charge in [0.1, 0.15) is 0 Å². The first kappa shape index (κ1) is 9.52. The van der Waals surface area contributed by atoms with Gasteiger partial charge in [0.2, 0.25) is 5.91 Å². The van der Waals surface area contributed by atoms with Crippen molar-refractivity contribution in [3.8, 4) is 0 Å². The summed E-state index contributed by atoms with van der Waals surface area (Å²) in [7, 11) is 1.68. The molecule has 0 unspecified atom stereocenters. The molecule has 12 heavy (non-hydrogen) atoms. The molecular formula is C9H18N2O. The topological polar surface area (TPSA) is 55.1 Å². The van der Waals surface area contributed by atoms with E-state index < -0.39 is 0 Å². The Kier molecular flexibility index (Phi) is 3.09. The quantitative estimate of drug-likeness (QED) is 0.653. The van der Waals surface area contributed by atoms with E-state index in [9.17, 15) is 4.79 Å². The standard InChI is InChI=1S/C9H18N2O/c1-11-8(12)6-9(7-10)4-2-3-5-9/h2-7,10H2,1H3,(H,11,12). The minimum absolute atomic E-state index is 0.125. The molecule has 3 N–H and O–H groups in total. The van der Waals surface area contributed by atoms with E-state index in [0.717, 1.165) is 12.8 Å². The highest BCUT2D eigenvalue weighted by molar-refractivity contribution is 5.76. The lowest BCUT2D eigenvalue weighted by Gasteiger charge is -2.25. The Balaban J connectivity index is 2.49. The minimum Gasteiger partial charge on any atom is -0.359 e. The first-order valence-electron chi connectivity index (χ1n) is 4.63. The number of carbonyl (C=O) groups excluding carboxylic acids is 1. The molecule has 1 amide bonds. The number of hydrogen-bond acceptors (Lipinski definition) is 2. The Hall–Kier alpha value is -0.570. The predicted molar refractivity (Wildman–Crippen MR) is 48.6 cm³/mol. The molecule has 0 aromatic rings. The summed E-state index contributed by atoms with van der Waals surface area (Å²) in [5.41, 5.74) is 5.82. The Morgan fingerprint density at radius 1 is 1.50 bits per heavy atom. The fourth-order valence-electron chi connectivity index (χ4n) is 2.01. The van der Waals surface area contributed by atoms with E-state index in [1.54, 1.807) is 7.05 Å². The van der Waals surface area contributed by atoms with E-state index in [0.29, 0.717) is 13.0 Å². The van der Waals surface area contributed by atoms with Crippen LogP contribution < -0.4 is 11.1 Å². The van der Waals surface area contributed by atoms with Crippen molar-refractivity contribution < 1.29 is 4.79 Å². The molecule has 0 heterocycles. The van der Waals surface area contributed by atoms with Gasteiger partial charge in [-0.3, -0.25) is 4.79 Å². The van der Waals surface area contributed by atoms with Crippen LogP contribution in [0, 0.1) is 5.41 Å². The number of amides is 1. The fraction of sp³-hybridized carbons (Fsp3) is 0.889. The zero-order chi connectivity index (χ0) is 9.03. The first-order valence-corrected chi connectivity index (χ1v) is 4.63. The molecule has 0 aromatic carbocycles. The third kappa shape index (κ3) is 1.97. The maximum absolute atomic E-state index is 11.2. The summed E-state index contributed by atoms with van der Waals surface area (Å²) in [4.78, 5) is 11.2. The Morgan fingerprint density at radius 2 is 2.08 bits per heavy atom. The highest BCUT2D eigenvalue weighted by Gasteiger charge is 2.34. The molecule has 1 saturated carbocycles. The van der Waals surface area contributed by atoms with Gasteiger partial charge in [0, 0.05) is 13.5 Å². The van der Waals surface area contributed by atoms with E-state index in [-0.39, 0.29) is 11.3 Å². The summed E-state index contributed by atoms with van der Waals surface area (Å²) in [5.74, 6) is 0.127. The average molecular weight is 170 g/mol. The van der Waals surface area contributed by atoms with E-state index in [2.05, 4.69) is 5.32 Å². The van der Waals surface area contributed by atoms with E-state index >= 15 is 0 Å². The molecule has 1 fully saturated rings. The summed E-state index contributed by atoms with van der Waals surface area (Å²) in [5, 5.41) is 2.66. The van der Waals surface area contributed by atoms with Gasteiger partial charge in [-0.2, -0.15) is 0 Å². The van der Waals surface area contributed by atoms with E-state index in [1.165, 1.54) is 12.8 Å². The number of nitrogens with one attached hydrogen (secondary N) is 1. The van der Waals surface area contributed by atoms with Gasteiger partial charge in [0.15, 0.2) is 0 Å². The van der Waals surface area contributed by atoms with Gasteiger partial charge in [0.05, 0.1) is 0 Å². The van der Waals surface area contributed by atoms with E-state index in [1.807, 2.05) is 0 Å². The van der Waals surface area contributed by atoms with Gasteiger partial charge < -0.3 is 11.1 Å². The molecule has 0 radical (unpaired) electrons. The normalized spacial score (nSPS) is 20.8. The van der Waals surface area contributed by atoms with Crippen LogP contribution in [0.4, 0.5) is 0 Å². The zero-order valence-electron chi connectivity index (χ0n) is 7.73. The van der Waals surface area contributed by atoms with Crippen LogP contribution in [0.15, 0.2) is 0 Å². The molecule has 0 saturated heterocycles. The lowest BCUT2D eigenvalue weighted by Crippen LogP contribution is -2.33. The van der Waals surface area contributed by atoms with Crippen LogP contribution in [0.1, 0.15) is 32.1 Å². The summed E-state index contributed by atoms with van der Waals surface area (Å²) in [6.07, 6.45) is 5.32. The van der Waals surface area contributed by atoms with Crippen LogP contribution in [0.3, 0.4) is 0 Å². The Bertz CT molecular complexity index is 162. The van der Waals surface area contributed by atoms with Gasteiger partial charge in [-0.05, 0) is 24.8 Å². The van der Waals surface area contributed by atoms with Gasteiger partial charge in [-0.15, -0.1) is 0 Å². The van der Waals surface area contributed by atoms with Crippen molar-refractivity contribution in [2.75, 3.05) is 13.6 Å². The van der Waals surface area contributed by atoms with Crippen LogP contribution in [-0.2, 0) is 4.79 Å². The van der Waals surface area contributed by atoms with E-state index in [4.69, 9.17) is 5.73 Å². The molecule has 0 spiro atoms. The molecular weight excluding hydrogens is 152 g/mol. The molecule has 0 bridgehead atoms. The van der Waals surface area contributed by atoms with Crippen molar-refractivity contribution >= 4 is 5.91 Å². The van der Waals surface area contributed by atoms with Crippen molar-refractivity contribution in [3.05, 3.63) is 0 Å². The van der Waals surface area contributed by atoms with Gasteiger partial charge in [0.25, 0.3) is 0 Å². The molecule has 70 valence electrons. The largest absolute Gasteiger partial charge is 0.359 e. The summed E-state index contributed by atoms with van der Waals surface area (Å²) in [6, 6.07) is 0. The molecule has 0 aliphatic heterocycles. The summed E-state index contributed by atoms with van der Waals surface area (Å²) < 4.78 is 0. The van der Waals surface area contributed by atoms with Crippen LogP contribution in [0.25, 0.3) is 0 Å².